The molecule has 0 aliphatic rings. The van der Waals surface area contributed by atoms with Gasteiger partial charge in [0.1, 0.15) is 5.69 Å². The number of rotatable bonds is 4. The second-order valence-electron chi connectivity index (χ2n) is 4.09. The van der Waals surface area contributed by atoms with Gasteiger partial charge in [-0.05, 0) is 29.2 Å². The van der Waals surface area contributed by atoms with Gasteiger partial charge < -0.3 is 0 Å². The Labute approximate surface area is 121 Å². The zero-order valence-corrected chi connectivity index (χ0v) is 11.4. The first-order valence-corrected chi connectivity index (χ1v) is 6.93. The molecule has 0 unspecified atom stereocenters. The first kappa shape index (κ1) is 12.5. The molecule has 3 aromatic rings. The lowest BCUT2D eigenvalue weighted by Crippen LogP contribution is -1.92. The van der Waals surface area contributed by atoms with Gasteiger partial charge in [-0.3, -0.25) is 5.43 Å². The minimum atomic E-state index is 0.768. The van der Waals surface area contributed by atoms with Crippen LogP contribution >= 0.6 is 11.5 Å². The predicted octanol–water partition coefficient (Wildman–Crippen LogP) is 3.65. The second kappa shape index (κ2) is 6.08. The van der Waals surface area contributed by atoms with Crippen LogP contribution in [0.5, 0.6) is 0 Å². The highest BCUT2D eigenvalue weighted by molar-refractivity contribution is 7.09. The molecule has 20 heavy (non-hydrogen) atoms. The summed E-state index contributed by atoms with van der Waals surface area (Å²) in [7, 11) is 0. The SMILES string of the molecule is C(=N\Nc1ccccc1)/c1nnsc1-c1ccccc1. The molecule has 98 valence electrons. The Hall–Kier alpha value is -2.53. The van der Waals surface area contributed by atoms with Crippen molar-refractivity contribution in [1.29, 1.82) is 0 Å². The van der Waals surface area contributed by atoms with E-state index in [4.69, 9.17) is 0 Å². The van der Waals surface area contributed by atoms with E-state index < -0.39 is 0 Å². The Morgan fingerprint density at radius 2 is 1.65 bits per heavy atom. The van der Waals surface area contributed by atoms with Gasteiger partial charge >= 0.3 is 0 Å². The van der Waals surface area contributed by atoms with Gasteiger partial charge in [0, 0.05) is 0 Å². The van der Waals surface area contributed by atoms with Gasteiger partial charge in [0.15, 0.2) is 0 Å². The molecule has 2 aromatic carbocycles. The van der Waals surface area contributed by atoms with Crippen LogP contribution in [-0.4, -0.2) is 15.8 Å². The maximum Gasteiger partial charge on any atom is 0.126 e. The Morgan fingerprint density at radius 3 is 2.40 bits per heavy atom. The monoisotopic (exact) mass is 280 g/mol. The largest absolute Gasteiger partial charge is 0.278 e. The van der Waals surface area contributed by atoms with E-state index in [0.29, 0.717) is 0 Å². The summed E-state index contributed by atoms with van der Waals surface area (Å²) in [6.07, 6.45) is 1.69. The van der Waals surface area contributed by atoms with Crippen molar-refractivity contribution < 1.29 is 0 Å². The Morgan fingerprint density at radius 1 is 0.950 bits per heavy atom. The van der Waals surface area contributed by atoms with E-state index in [1.165, 1.54) is 11.5 Å². The summed E-state index contributed by atoms with van der Waals surface area (Å²) in [5, 5.41) is 8.30. The van der Waals surface area contributed by atoms with Crippen molar-refractivity contribution >= 4 is 23.4 Å². The lowest BCUT2D eigenvalue weighted by molar-refractivity contribution is 1.14. The maximum atomic E-state index is 4.20. The molecule has 0 bridgehead atoms. The average Bonchev–Trinajstić information content (AvgIpc) is 2.98. The molecular weight excluding hydrogens is 268 g/mol. The summed E-state index contributed by atoms with van der Waals surface area (Å²) >= 11 is 1.37. The van der Waals surface area contributed by atoms with E-state index in [-0.39, 0.29) is 0 Å². The van der Waals surface area contributed by atoms with Crippen molar-refractivity contribution in [3.63, 3.8) is 0 Å². The first-order valence-electron chi connectivity index (χ1n) is 6.15. The molecule has 0 atom stereocenters. The highest BCUT2D eigenvalue weighted by Gasteiger charge is 2.07. The average molecular weight is 280 g/mol. The minimum absolute atomic E-state index is 0.768. The molecule has 3 rings (SSSR count). The number of benzene rings is 2. The molecule has 5 heteroatoms. The van der Waals surface area contributed by atoms with Crippen molar-refractivity contribution in [3.05, 3.63) is 66.4 Å². The number of para-hydroxylation sites is 1. The number of nitrogens with zero attached hydrogens (tertiary/aromatic N) is 3. The van der Waals surface area contributed by atoms with Gasteiger partial charge in [-0.1, -0.05) is 53.0 Å². The van der Waals surface area contributed by atoms with Crippen LogP contribution in [0.3, 0.4) is 0 Å². The highest BCUT2D eigenvalue weighted by atomic mass is 32.1. The van der Waals surface area contributed by atoms with Gasteiger partial charge in [0.05, 0.1) is 16.8 Å². The fourth-order valence-corrected chi connectivity index (χ4v) is 2.39. The quantitative estimate of drug-likeness (QED) is 0.586. The van der Waals surface area contributed by atoms with Crippen LogP contribution in [0.25, 0.3) is 10.4 Å². The third-order valence-electron chi connectivity index (χ3n) is 2.70. The summed E-state index contributed by atoms with van der Waals surface area (Å²) in [6, 6.07) is 19.8. The summed E-state index contributed by atoms with van der Waals surface area (Å²) < 4.78 is 4.00. The smallest absolute Gasteiger partial charge is 0.126 e. The second-order valence-corrected chi connectivity index (χ2v) is 4.84. The van der Waals surface area contributed by atoms with Crippen LogP contribution in [0.4, 0.5) is 5.69 Å². The lowest BCUT2D eigenvalue weighted by Gasteiger charge is -1.99. The number of hydrogen-bond acceptors (Lipinski definition) is 5. The number of nitrogens with one attached hydrogen (secondary N) is 1. The zero-order chi connectivity index (χ0) is 13.6. The molecule has 0 amide bonds. The van der Waals surface area contributed by atoms with Gasteiger partial charge in [-0.15, -0.1) is 5.10 Å². The maximum absolute atomic E-state index is 4.20. The molecule has 0 aliphatic carbocycles. The molecule has 0 saturated carbocycles. The molecule has 0 fully saturated rings. The topological polar surface area (TPSA) is 50.2 Å². The minimum Gasteiger partial charge on any atom is -0.278 e. The molecule has 1 aromatic heterocycles. The Bertz CT molecular complexity index is 692. The van der Waals surface area contributed by atoms with Gasteiger partial charge in [-0.25, -0.2) is 0 Å². The van der Waals surface area contributed by atoms with Crippen LogP contribution in [0.15, 0.2) is 65.8 Å². The van der Waals surface area contributed by atoms with Crippen LogP contribution < -0.4 is 5.43 Å². The molecule has 1 N–H and O–H groups in total. The van der Waals surface area contributed by atoms with Crippen molar-refractivity contribution in [1.82, 2.24) is 9.59 Å². The molecule has 0 saturated heterocycles. The number of hydrogen-bond donors (Lipinski definition) is 1. The van der Waals surface area contributed by atoms with E-state index >= 15 is 0 Å². The van der Waals surface area contributed by atoms with Crippen LogP contribution in [0.2, 0.25) is 0 Å². The predicted molar refractivity (Wildman–Crippen MR) is 83.0 cm³/mol. The highest BCUT2D eigenvalue weighted by Crippen LogP contribution is 2.24. The molecule has 4 nitrogen and oxygen atoms in total. The van der Waals surface area contributed by atoms with Crippen molar-refractivity contribution in [2.24, 2.45) is 5.10 Å². The summed E-state index contributed by atoms with van der Waals surface area (Å²) in [6.45, 7) is 0. The number of hydrazone groups is 1. The van der Waals surface area contributed by atoms with Crippen molar-refractivity contribution in [2.45, 2.75) is 0 Å². The number of anilines is 1. The lowest BCUT2D eigenvalue weighted by atomic mass is 10.2. The number of aromatic nitrogens is 2. The van der Waals surface area contributed by atoms with Crippen LogP contribution in [-0.2, 0) is 0 Å². The fraction of sp³-hybridized carbons (Fsp3) is 0. The van der Waals surface area contributed by atoms with Gasteiger partial charge in [-0.2, -0.15) is 5.10 Å². The molecule has 0 radical (unpaired) electrons. The van der Waals surface area contributed by atoms with Crippen molar-refractivity contribution in [3.8, 4) is 10.4 Å². The fourth-order valence-electron chi connectivity index (χ4n) is 1.75. The van der Waals surface area contributed by atoms with E-state index in [1.54, 1.807) is 6.21 Å². The molecule has 0 spiro atoms. The van der Waals surface area contributed by atoms with E-state index in [0.717, 1.165) is 21.8 Å². The summed E-state index contributed by atoms with van der Waals surface area (Å²) in [5.74, 6) is 0. The molecule has 1 heterocycles. The molecule has 0 aliphatic heterocycles. The Balaban J connectivity index is 1.77. The van der Waals surface area contributed by atoms with E-state index in [1.807, 2.05) is 60.7 Å². The molecular formula is C15H12N4S. The van der Waals surface area contributed by atoms with E-state index in [9.17, 15) is 0 Å². The van der Waals surface area contributed by atoms with Gasteiger partial charge in [0.2, 0.25) is 0 Å². The first-order chi connectivity index (χ1) is 9.93. The van der Waals surface area contributed by atoms with Crippen LogP contribution in [0.1, 0.15) is 5.69 Å². The standard InChI is InChI=1S/C15H12N4S/c1-3-7-12(8-4-1)15-14(18-19-20-15)11-16-17-13-9-5-2-6-10-13/h1-11,17H/b16-11+. The normalized spacial score (nSPS) is 10.8. The zero-order valence-electron chi connectivity index (χ0n) is 10.6. The van der Waals surface area contributed by atoms with Crippen LogP contribution in [0, 0.1) is 0 Å². The summed E-state index contributed by atoms with van der Waals surface area (Å²) in [5.41, 5.74) is 5.77. The van der Waals surface area contributed by atoms with Crippen molar-refractivity contribution in [2.75, 3.05) is 5.43 Å². The van der Waals surface area contributed by atoms with E-state index in [2.05, 4.69) is 20.1 Å². The Kier molecular flexibility index (Phi) is 3.80. The summed E-state index contributed by atoms with van der Waals surface area (Å²) in [4.78, 5) is 1.02. The third-order valence-corrected chi connectivity index (χ3v) is 3.49. The van der Waals surface area contributed by atoms with Gasteiger partial charge in [0.25, 0.3) is 0 Å². The third kappa shape index (κ3) is 2.89.